The van der Waals surface area contributed by atoms with Crippen molar-refractivity contribution < 1.29 is 9.53 Å². The molecule has 1 heterocycles. The number of carbonyl (C=O) groups is 1. The number of hydrogen-bond acceptors (Lipinski definition) is 2. The van der Waals surface area contributed by atoms with E-state index in [1.807, 2.05) is 20.8 Å². The molecule has 0 saturated carbocycles. The maximum absolute atomic E-state index is 11.8. The highest BCUT2D eigenvalue weighted by Crippen LogP contribution is 2.30. The number of amides is 1. The molecular formula is C14H25NO2. The Balaban J connectivity index is 2.58. The first-order chi connectivity index (χ1) is 7.59. The normalized spacial score (nSPS) is 17.8. The molecule has 0 radical (unpaired) electrons. The molecule has 0 aromatic rings. The van der Waals surface area contributed by atoms with Crippen molar-refractivity contribution in [1.29, 1.82) is 0 Å². The minimum absolute atomic E-state index is 0.207. The van der Waals surface area contributed by atoms with Crippen LogP contribution >= 0.6 is 0 Å². The summed E-state index contributed by atoms with van der Waals surface area (Å²) in [7, 11) is 0. The Morgan fingerprint density at radius 3 is 2.18 bits per heavy atom. The van der Waals surface area contributed by atoms with Gasteiger partial charge in [0, 0.05) is 13.1 Å². The topological polar surface area (TPSA) is 29.5 Å². The van der Waals surface area contributed by atoms with E-state index in [2.05, 4.69) is 26.8 Å². The minimum Gasteiger partial charge on any atom is -0.444 e. The van der Waals surface area contributed by atoms with Crippen molar-refractivity contribution >= 4 is 6.09 Å². The second-order valence-corrected chi connectivity index (χ2v) is 6.66. The third kappa shape index (κ3) is 4.41. The zero-order valence-corrected chi connectivity index (χ0v) is 12.0. The first kappa shape index (κ1) is 14.1. The molecule has 0 aliphatic carbocycles. The van der Waals surface area contributed by atoms with Crippen LogP contribution in [0, 0.1) is 5.41 Å². The summed E-state index contributed by atoms with van der Waals surface area (Å²) in [6, 6.07) is 0. The van der Waals surface area contributed by atoms with Crippen molar-refractivity contribution in [3.63, 3.8) is 0 Å². The molecule has 0 unspecified atom stereocenters. The maximum atomic E-state index is 11.8. The van der Waals surface area contributed by atoms with E-state index < -0.39 is 5.60 Å². The van der Waals surface area contributed by atoms with Gasteiger partial charge >= 0.3 is 6.09 Å². The third-order valence-electron chi connectivity index (χ3n) is 2.82. The highest BCUT2D eigenvalue weighted by molar-refractivity contribution is 5.68. The SMILES string of the molecule is CC(C)(C)OC(=O)N1CC=C(C(C)(C)C)CC1. The molecule has 0 spiro atoms. The van der Waals surface area contributed by atoms with Crippen LogP contribution in [0.3, 0.4) is 0 Å². The van der Waals surface area contributed by atoms with Crippen LogP contribution in [0.1, 0.15) is 48.0 Å². The molecule has 0 saturated heterocycles. The summed E-state index contributed by atoms with van der Waals surface area (Å²) < 4.78 is 5.36. The smallest absolute Gasteiger partial charge is 0.410 e. The van der Waals surface area contributed by atoms with Crippen LogP contribution in [-0.2, 0) is 4.74 Å². The summed E-state index contributed by atoms with van der Waals surface area (Å²) in [5, 5.41) is 0. The van der Waals surface area contributed by atoms with Crippen LogP contribution in [0.4, 0.5) is 4.79 Å². The summed E-state index contributed by atoms with van der Waals surface area (Å²) in [5.41, 5.74) is 1.22. The second-order valence-electron chi connectivity index (χ2n) is 6.66. The fraction of sp³-hybridized carbons (Fsp3) is 0.786. The second kappa shape index (κ2) is 4.71. The lowest BCUT2D eigenvalue weighted by molar-refractivity contribution is 0.0262. The number of rotatable bonds is 0. The van der Waals surface area contributed by atoms with Gasteiger partial charge in [-0.25, -0.2) is 4.79 Å². The van der Waals surface area contributed by atoms with Crippen LogP contribution in [-0.4, -0.2) is 29.7 Å². The summed E-state index contributed by atoms with van der Waals surface area (Å²) in [6.07, 6.45) is 2.90. The molecule has 3 heteroatoms. The van der Waals surface area contributed by atoms with Gasteiger partial charge < -0.3 is 9.64 Å². The number of ether oxygens (including phenoxy) is 1. The Bertz CT molecular complexity index is 318. The summed E-state index contributed by atoms with van der Waals surface area (Å²) in [4.78, 5) is 13.6. The largest absolute Gasteiger partial charge is 0.444 e. The molecule has 3 nitrogen and oxygen atoms in total. The third-order valence-corrected chi connectivity index (χ3v) is 2.82. The van der Waals surface area contributed by atoms with E-state index in [4.69, 9.17) is 4.74 Å². The molecule has 0 aromatic carbocycles. The Hall–Kier alpha value is -0.990. The molecule has 17 heavy (non-hydrogen) atoms. The molecule has 0 bridgehead atoms. The van der Waals surface area contributed by atoms with Crippen molar-refractivity contribution in [3.05, 3.63) is 11.6 Å². The van der Waals surface area contributed by atoms with Crippen LogP contribution < -0.4 is 0 Å². The molecule has 1 aliphatic rings. The standard InChI is InChI=1S/C14H25NO2/c1-13(2,3)11-7-9-15(10-8-11)12(16)17-14(4,5)6/h7H,8-10H2,1-6H3. The molecule has 0 fully saturated rings. The fourth-order valence-electron chi connectivity index (χ4n) is 1.84. The van der Waals surface area contributed by atoms with Gasteiger partial charge in [0.2, 0.25) is 0 Å². The van der Waals surface area contributed by atoms with Gasteiger partial charge in [0.15, 0.2) is 0 Å². The Morgan fingerprint density at radius 1 is 1.24 bits per heavy atom. The van der Waals surface area contributed by atoms with Crippen LogP contribution in [0.15, 0.2) is 11.6 Å². The Morgan fingerprint density at radius 2 is 1.82 bits per heavy atom. The fourth-order valence-corrected chi connectivity index (χ4v) is 1.84. The molecule has 1 aliphatic heterocycles. The quantitative estimate of drug-likeness (QED) is 0.604. The summed E-state index contributed by atoms with van der Waals surface area (Å²) in [5.74, 6) is 0. The van der Waals surface area contributed by atoms with Crippen molar-refractivity contribution in [2.24, 2.45) is 5.41 Å². The molecule has 0 N–H and O–H groups in total. The van der Waals surface area contributed by atoms with Crippen LogP contribution in [0.25, 0.3) is 0 Å². The molecule has 1 amide bonds. The van der Waals surface area contributed by atoms with Crippen LogP contribution in [0.5, 0.6) is 0 Å². The summed E-state index contributed by atoms with van der Waals surface area (Å²) >= 11 is 0. The minimum atomic E-state index is -0.412. The van der Waals surface area contributed by atoms with E-state index in [-0.39, 0.29) is 11.5 Å². The first-order valence-corrected chi connectivity index (χ1v) is 6.27. The van der Waals surface area contributed by atoms with Gasteiger partial charge in [0.1, 0.15) is 5.60 Å². The zero-order chi connectivity index (χ0) is 13.3. The summed E-state index contributed by atoms with van der Waals surface area (Å²) in [6.45, 7) is 13.7. The molecular weight excluding hydrogens is 214 g/mol. The van der Waals surface area contributed by atoms with E-state index in [1.165, 1.54) is 5.57 Å². The Labute approximate surface area is 105 Å². The Kier molecular flexibility index (Phi) is 3.90. The van der Waals surface area contributed by atoms with Gasteiger partial charge in [-0.2, -0.15) is 0 Å². The van der Waals surface area contributed by atoms with E-state index in [0.717, 1.165) is 13.0 Å². The number of carbonyl (C=O) groups excluding carboxylic acids is 1. The number of hydrogen-bond donors (Lipinski definition) is 0. The van der Waals surface area contributed by atoms with Crippen LogP contribution in [0.2, 0.25) is 0 Å². The van der Waals surface area contributed by atoms with Gasteiger partial charge in [-0.15, -0.1) is 0 Å². The van der Waals surface area contributed by atoms with Crippen molar-refractivity contribution in [2.75, 3.05) is 13.1 Å². The van der Waals surface area contributed by atoms with Gasteiger partial charge in [-0.05, 0) is 32.6 Å². The highest BCUT2D eigenvalue weighted by Gasteiger charge is 2.26. The van der Waals surface area contributed by atoms with Gasteiger partial charge in [0.05, 0.1) is 0 Å². The predicted octanol–water partition coefficient (Wildman–Crippen LogP) is 3.60. The first-order valence-electron chi connectivity index (χ1n) is 6.27. The van der Waals surface area contributed by atoms with E-state index in [9.17, 15) is 4.79 Å². The molecule has 0 aromatic heterocycles. The number of nitrogens with zero attached hydrogens (tertiary/aromatic N) is 1. The van der Waals surface area contributed by atoms with E-state index >= 15 is 0 Å². The average Bonchev–Trinajstić information content (AvgIpc) is 2.14. The lowest BCUT2D eigenvalue weighted by Crippen LogP contribution is -2.40. The van der Waals surface area contributed by atoms with Gasteiger partial charge in [0.25, 0.3) is 0 Å². The average molecular weight is 239 g/mol. The highest BCUT2D eigenvalue weighted by atomic mass is 16.6. The lowest BCUT2D eigenvalue weighted by atomic mass is 9.83. The van der Waals surface area contributed by atoms with Crippen molar-refractivity contribution in [3.8, 4) is 0 Å². The molecule has 98 valence electrons. The zero-order valence-electron chi connectivity index (χ0n) is 12.0. The van der Waals surface area contributed by atoms with Gasteiger partial charge in [-0.3, -0.25) is 0 Å². The maximum Gasteiger partial charge on any atom is 0.410 e. The van der Waals surface area contributed by atoms with Crippen molar-refractivity contribution in [1.82, 2.24) is 4.90 Å². The molecule has 0 atom stereocenters. The van der Waals surface area contributed by atoms with Gasteiger partial charge in [-0.1, -0.05) is 32.4 Å². The predicted molar refractivity (Wildman–Crippen MR) is 70.0 cm³/mol. The van der Waals surface area contributed by atoms with E-state index in [1.54, 1.807) is 4.90 Å². The monoisotopic (exact) mass is 239 g/mol. The lowest BCUT2D eigenvalue weighted by Gasteiger charge is -2.33. The van der Waals surface area contributed by atoms with E-state index in [0.29, 0.717) is 6.54 Å². The van der Waals surface area contributed by atoms with Crippen molar-refractivity contribution in [2.45, 2.75) is 53.6 Å². The molecule has 1 rings (SSSR count).